The van der Waals surface area contributed by atoms with E-state index in [2.05, 4.69) is 18.8 Å². The van der Waals surface area contributed by atoms with E-state index < -0.39 is 9.84 Å². The van der Waals surface area contributed by atoms with Crippen LogP contribution in [0, 0.1) is 5.92 Å². The maximum atomic E-state index is 11.2. The van der Waals surface area contributed by atoms with Crippen LogP contribution in [0.3, 0.4) is 0 Å². The molecule has 0 bridgehead atoms. The third-order valence-electron chi connectivity index (χ3n) is 2.00. The quantitative estimate of drug-likeness (QED) is 0.869. The number of nitrogens with zero attached hydrogens (tertiary/aromatic N) is 1. The van der Waals surface area contributed by atoms with Gasteiger partial charge >= 0.3 is 0 Å². The van der Waals surface area contributed by atoms with E-state index in [-0.39, 0.29) is 5.75 Å². The fraction of sp³-hybridized carbons (Fsp3) is 0.700. The van der Waals surface area contributed by atoms with Gasteiger partial charge in [-0.15, -0.1) is 11.3 Å². The van der Waals surface area contributed by atoms with Crippen molar-refractivity contribution >= 4 is 21.2 Å². The van der Waals surface area contributed by atoms with Crippen molar-refractivity contribution in [1.82, 2.24) is 4.98 Å². The van der Waals surface area contributed by atoms with Gasteiger partial charge in [-0.25, -0.2) is 13.4 Å². The Balaban J connectivity index is 2.94. The summed E-state index contributed by atoms with van der Waals surface area (Å²) in [5.41, 5.74) is 6.58. The highest BCUT2D eigenvalue weighted by Gasteiger charge is 2.14. The van der Waals surface area contributed by atoms with Crippen molar-refractivity contribution in [1.29, 1.82) is 0 Å². The standard InChI is InChI=1S/C10H18N2O2S2/c1-7(2)4-8-9(5-11)15-10(12-8)6-16(3,13)14/h7H,4-6,11H2,1-3H3. The zero-order valence-electron chi connectivity index (χ0n) is 9.86. The summed E-state index contributed by atoms with van der Waals surface area (Å²) in [7, 11) is -3.01. The lowest BCUT2D eigenvalue weighted by atomic mass is 10.1. The molecular formula is C10H18N2O2S2. The maximum absolute atomic E-state index is 11.2. The van der Waals surface area contributed by atoms with Crippen LogP contribution in [0.5, 0.6) is 0 Å². The maximum Gasteiger partial charge on any atom is 0.153 e. The van der Waals surface area contributed by atoms with Gasteiger partial charge in [-0.1, -0.05) is 13.8 Å². The molecule has 1 aromatic rings. The molecule has 0 aliphatic heterocycles. The lowest BCUT2D eigenvalue weighted by Crippen LogP contribution is -2.03. The van der Waals surface area contributed by atoms with E-state index in [9.17, 15) is 8.42 Å². The van der Waals surface area contributed by atoms with E-state index in [1.165, 1.54) is 17.6 Å². The molecule has 6 heteroatoms. The van der Waals surface area contributed by atoms with Gasteiger partial charge in [-0.3, -0.25) is 0 Å². The first-order valence-corrected chi connectivity index (χ1v) is 8.04. The van der Waals surface area contributed by atoms with Crippen LogP contribution >= 0.6 is 11.3 Å². The fourth-order valence-electron chi connectivity index (χ4n) is 1.43. The number of hydrogen-bond acceptors (Lipinski definition) is 5. The summed E-state index contributed by atoms with van der Waals surface area (Å²) in [6.45, 7) is 4.65. The zero-order valence-corrected chi connectivity index (χ0v) is 11.5. The first kappa shape index (κ1) is 13.6. The van der Waals surface area contributed by atoms with Crippen LogP contribution in [-0.4, -0.2) is 19.7 Å². The van der Waals surface area contributed by atoms with Crippen molar-refractivity contribution in [2.45, 2.75) is 32.6 Å². The summed E-state index contributed by atoms with van der Waals surface area (Å²) >= 11 is 1.41. The molecule has 0 saturated heterocycles. The summed E-state index contributed by atoms with van der Waals surface area (Å²) in [6.07, 6.45) is 2.07. The molecule has 1 aromatic heterocycles. The molecule has 0 atom stereocenters. The molecule has 1 rings (SSSR count). The molecule has 0 fully saturated rings. The minimum absolute atomic E-state index is 0.0166. The Morgan fingerprint density at radius 3 is 2.50 bits per heavy atom. The Morgan fingerprint density at radius 1 is 1.44 bits per heavy atom. The van der Waals surface area contributed by atoms with Crippen LogP contribution in [0.25, 0.3) is 0 Å². The molecule has 0 spiro atoms. The summed E-state index contributed by atoms with van der Waals surface area (Å²) in [6, 6.07) is 0. The molecule has 16 heavy (non-hydrogen) atoms. The van der Waals surface area contributed by atoms with E-state index in [1.807, 2.05) is 0 Å². The highest BCUT2D eigenvalue weighted by atomic mass is 32.2. The minimum atomic E-state index is -3.01. The van der Waals surface area contributed by atoms with Crippen molar-refractivity contribution in [2.24, 2.45) is 11.7 Å². The molecule has 0 amide bonds. The SMILES string of the molecule is CC(C)Cc1nc(CS(C)(=O)=O)sc1CN. The van der Waals surface area contributed by atoms with E-state index in [0.29, 0.717) is 17.5 Å². The minimum Gasteiger partial charge on any atom is -0.326 e. The smallest absolute Gasteiger partial charge is 0.153 e. The monoisotopic (exact) mass is 262 g/mol. The molecule has 0 aliphatic rings. The van der Waals surface area contributed by atoms with Gasteiger partial charge in [-0.2, -0.15) is 0 Å². The second-order valence-electron chi connectivity index (χ2n) is 4.35. The average molecular weight is 262 g/mol. The summed E-state index contributed by atoms with van der Waals surface area (Å²) < 4.78 is 22.3. The fourth-order valence-corrected chi connectivity index (χ4v) is 3.59. The second-order valence-corrected chi connectivity index (χ2v) is 7.66. The molecule has 0 radical (unpaired) electrons. The van der Waals surface area contributed by atoms with Crippen LogP contribution in [0.2, 0.25) is 0 Å². The topological polar surface area (TPSA) is 73.0 Å². The van der Waals surface area contributed by atoms with Crippen molar-refractivity contribution in [3.05, 3.63) is 15.6 Å². The van der Waals surface area contributed by atoms with E-state index in [1.54, 1.807) is 0 Å². The molecule has 4 nitrogen and oxygen atoms in total. The first-order chi connectivity index (χ1) is 7.31. The third-order valence-corrected chi connectivity index (χ3v) is 4.10. The van der Waals surface area contributed by atoms with Crippen LogP contribution < -0.4 is 5.73 Å². The molecule has 0 saturated carbocycles. The van der Waals surface area contributed by atoms with Crippen LogP contribution in [0.4, 0.5) is 0 Å². The van der Waals surface area contributed by atoms with Gasteiger partial charge in [0.05, 0.1) is 5.69 Å². The highest BCUT2D eigenvalue weighted by molar-refractivity contribution is 7.90. The number of aromatic nitrogens is 1. The van der Waals surface area contributed by atoms with E-state index in [4.69, 9.17) is 5.73 Å². The first-order valence-electron chi connectivity index (χ1n) is 5.17. The lowest BCUT2D eigenvalue weighted by Gasteiger charge is -2.02. The Morgan fingerprint density at radius 2 is 2.06 bits per heavy atom. The number of thiazole rings is 1. The van der Waals surface area contributed by atoms with Gasteiger partial charge in [0.25, 0.3) is 0 Å². The summed E-state index contributed by atoms with van der Waals surface area (Å²) in [5, 5.41) is 0.651. The van der Waals surface area contributed by atoms with Crippen molar-refractivity contribution in [2.75, 3.05) is 6.26 Å². The van der Waals surface area contributed by atoms with Crippen LogP contribution in [0.15, 0.2) is 0 Å². The molecule has 92 valence electrons. The lowest BCUT2D eigenvalue weighted by molar-refractivity contribution is 0.600. The van der Waals surface area contributed by atoms with Gasteiger partial charge in [0.15, 0.2) is 9.84 Å². The van der Waals surface area contributed by atoms with Gasteiger partial charge in [0, 0.05) is 17.7 Å². The Bertz CT molecular complexity index is 449. The molecule has 0 aromatic carbocycles. The van der Waals surface area contributed by atoms with Gasteiger partial charge in [0.2, 0.25) is 0 Å². The average Bonchev–Trinajstić information content (AvgIpc) is 2.42. The third kappa shape index (κ3) is 4.19. The molecule has 1 heterocycles. The molecule has 0 unspecified atom stereocenters. The number of nitrogens with two attached hydrogens (primary N) is 1. The van der Waals surface area contributed by atoms with Gasteiger partial charge < -0.3 is 5.73 Å². The zero-order chi connectivity index (χ0) is 12.3. The van der Waals surface area contributed by atoms with E-state index in [0.717, 1.165) is 17.0 Å². The predicted octanol–water partition coefficient (Wildman–Crippen LogP) is 1.34. The van der Waals surface area contributed by atoms with Crippen molar-refractivity contribution in [3.8, 4) is 0 Å². The summed E-state index contributed by atoms with van der Waals surface area (Å²) in [5.74, 6) is 0.515. The number of rotatable bonds is 5. The van der Waals surface area contributed by atoms with Gasteiger partial charge in [0.1, 0.15) is 10.8 Å². The normalized spacial score (nSPS) is 12.3. The predicted molar refractivity (Wildman–Crippen MR) is 67.1 cm³/mol. The molecule has 2 N–H and O–H groups in total. The Kier molecular flexibility index (Phi) is 4.46. The van der Waals surface area contributed by atoms with Gasteiger partial charge in [-0.05, 0) is 12.3 Å². The number of hydrogen-bond donors (Lipinski definition) is 1. The van der Waals surface area contributed by atoms with E-state index >= 15 is 0 Å². The number of sulfone groups is 1. The second kappa shape index (κ2) is 5.25. The van der Waals surface area contributed by atoms with Crippen molar-refractivity contribution < 1.29 is 8.42 Å². The summed E-state index contributed by atoms with van der Waals surface area (Å²) in [4.78, 5) is 5.37. The van der Waals surface area contributed by atoms with Crippen LogP contribution in [0.1, 0.15) is 29.4 Å². The highest BCUT2D eigenvalue weighted by Crippen LogP contribution is 2.22. The molecular weight excluding hydrogens is 244 g/mol. The Hall–Kier alpha value is -0.460. The van der Waals surface area contributed by atoms with Crippen LogP contribution in [-0.2, 0) is 28.6 Å². The largest absolute Gasteiger partial charge is 0.326 e. The molecule has 0 aliphatic carbocycles. The Labute approximate surface area is 101 Å². The van der Waals surface area contributed by atoms with Crippen molar-refractivity contribution in [3.63, 3.8) is 0 Å².